The van der Waals surface area contributed by atoms with E-state index in [1.807, 2.05) is 0 Å². The first-order valence-electron chi connectivity index (χ1n) is 6.63. The van der Waals surface area contributed by atoms with E-state index < -0.39 is 0 Å². The maximum atomic E-state index is 5.74. The predicted octanol–water partition coefficient (Wildman–Crippen LogP) is 3.11. The molecule has 0 saturated carbocycles. The molecule has 1 N–H and O–H groups in total. The molecule has 15 heavy (non-hydrogen) atoms. The van der Waals surface area contributed by atoms with Gasteiger partial charge >= 0.3 is 0 Å². The lowest BCUT2D eigenvalue weighted by Crippen LogP contribution is -2.47. The van der Waals surface area contributed by atoms with Crippen molar-refractivity contribution in [1.82, 2.24) is 5.32 Å². The van der Waals surface area contributed by atoms with E-state index >= 15 is 0 Å². The molecule has 0 spiro atoms. The Morgan fingerprint density at radius 3 is 2.27 bits per heavy atom. The van der Waals surface area contributed by atoms with Gasteiger partial charge in [-0.2, -0.15) is 0 Å². The highest BCUT2D eigenvalue weighted by molar-refractivity contribution is 4.85. The van der Waals surface area contributed by atoms with Gasteiger partial charge in [-0.15, -0.1) is 0 Å². The third kappa shape index (κ3) is 3.76. The second-order valence-corrected chi connectivity index (χ2v) is 4.71. The van der Waals surface area contributed by atoms with Crippen LogP contribution in [0.25, 0.3) is 0 Å². The molecule has 1 unspecified atom stereocenters. The van der Waals surface area contributed by atoms with Gasteiger partial charge in [-0.3, -0.25) is 0 Å². The highest BCUT2D eigenvalue weighted by Gasteiger charge is 2.24. The van der Waals surface area contributed by atoms with Crippen molar-refractivity contribution >= 4 is 0 Å². The number of hydrogen-bond acceptors (Lipinski definition) is 2. The average Bonchev–Trinajstić information content (AvgIpc) is 2.33. The summed E-state index contributed by atoms with van der Waals surface area (Å²) in [6.45, 7) is 8.84. The molecule has 0 aromatic carbocycles. The molecular weight excluding hydrogens is 186 g/mol. The fourth-order valence-electron chi connectivity index (χ4n) is 2.42. The zero-order valence-electron chi connectivity index (χ0n) is 10.6. The lowest BCUT2D eigenvalue weighted by Gasteiger charge is -2.34. The fraction of sp³-hybridized carbons (Fsp3) is 1.00. The Morgan fingerprint density at radius 1 is 1.13 bits per heavy atom. The van der Waals surface area contributed by atoms with E-state index in [9.17, 15) is 0 Å². The van der Waals surface area contributed by atoms with Gasteiger partial charge in [0.2, 0.25) is 0 Å². The Hall–Kier alpha value is -0.0800. The molecule has 0 aromatic rings. The number of hydrogen-bond donors (Lipinski definition) is 1. The zero-order chi connectivity index (χ0) is 11.1. The molecule has 1 heterocycles. The summed E-state index contributed by atoms with van der Waals surface area (Å²) in [5.74, 6) is 0. The van der Waals surface area contributed by atoms with Crippen molar-refractivity contribution in [3.05, 3.63) is 0 Å². The second-order valence-electron chi connectivity index (χ2n) is 4.71. The van der Waals surface area contributed by atoms with E-state index in [1.54, 1.807) is 0 Å². The van der Waals surface area contributed by atoms with Crippen molar-refractivity contribution in [2.24, 2.45) is 0 Å². The maximum absolute atomic E-state index is 5.74. The van der Waals surface area contributed by atoms with E-state index in [-0.39, 0.29) is 0 Å². The standard InChI is InChI=1S/C13H27NO/c1-4-13(5-2,6-3)14-11-12-9-7-8-10-15-12/h12,14H,4-11H2,1-3H3. The van der Waals surface area contributed by atoms with E-state index in [4.69, 9.17) is 4.74 Å². The summed E-state index contributed by atoms with van der Waals surface area (Å²) in [5.41, 5.74) is 0.348. The molecule has 1 fully saturated rings. The minimum Gasteiger partial charge on any atom is -0.377 e. The Balaban J connectivity index is 2.31. The first-order valence-corrected chi connectivity index (χ1v) is 6.63. The molecular formula is C13H27NO. The van der Waals surface area contributed by atoms with Crippen LogP contribution in [0, 0.1) is 0 Å². The summed E-state index contributed by atoms with van der Waals surface area (Å²) in [4.78, 5) is 0. The summed E-state index contributed by atoms with van der Waals surface area (Å²) < 4.78 is 5.74. The Bertz CT molecular complexity index is 152. The summed E-state index contributed by atoms with van der Waals surface area (Å²) in [6.07, 6.45) is 7.93. The van der Waals surface area contributed by atoms with Crippen molar-refractivity contribution in [3.63, 3.8) is 0 Å². The minimum absolute atomic E-state index is 0.348. The van der Waals surface area contributed by atoms with E-state index in [0.717, 1.165) is 13.2 Å². The van der Waals surface area contributed by atoms with Gasteiger partial charge in [-0.05, 0) is 38.5 Å². The van der Waals surface area contributed by atoms with Crippen molar-refractivity contribution < 1.29 is 4.74 Å². The Kier molecular flexibility index (Phi) is 5.62. The third-order valence-corrected chi connectivity index (χ3v) is 4.01. The van der Waals surface area contributed by atoms with Gasteiger partial charge in [0.1, 0.15) is 0 Å². The van der Waals surface area contributed by atoms with Crippen LogP contribution in [0.3, 0.4) is 0 Å². The molecule has 1 saturated heterocycles. The summed E-state index contributed by atoms with van der Waals surface area (Å²) in [5, 5.41) is 3.73. The molecule has 0 bridgehead atoms. The molecule has 90 valence electrons. The SMILES string of the molecule is CCC(CC)(CC)NCC1CCCCO1. The molecule has 0 radical (unpaired) electrons. The van der Waals surface area contributed by atoms with Gasteiger partial charge in [0.25, 0.3) is 0 Å². The van der Waals surface area contributed by atoms with Crippen LogP contribution < -0.4 is 5.32 Å². The van der Waals surface area contributed by atoms with E-state index in [0.29, 0.717) is 11.6 Å². The lowest BCUT2D eigenvalue weighted by atomic mass is 9.89. The lowest BCUT2D eigenvalue weighted by molar-refractivity contribution is 0.0112. The zero-order valence-corrected chi connectivity index (χ0v) is 10.6. The van der Waals surface area contributed by atoms with Crippen molar-refractivity contribution in [3.8, 4) is 0 Å². The van der Waals surface area contributed by atoms with Crippen molar-refractivity contribution in [2.75, 3.05) is 13.2 Å². The van der Waals surface area contributed by atoms with Crippen LogP contribution in [0.2, 0.25) is 0 Å². The smallest absolute Gasteiger partial charge is 0.0699 e. The normalized spacial score (nSPS) is 23.0. The quantitative estimate of drug-likeness (QED) is 0.732. The summed E-state index contributed by atoms with van der Waals surface area (Å²) >= 11 is 0. The molecule has 0 aliphatic carbocycles. The number of nitrogens with one attached hydrogen (secondary N) is 1. The average molecular weight is 213 g/mol. The van der Waals surface area contributed by atoms with Crippen LogP contribution in [0.15, 0.2) is 0 Å². The topological polar surface area (TPSA) is 21.3 Å². The highest BCUT2D eigenvalue weighted by Crippen LogP contribution is 2.20. The molecule has 2 nitrogen and oxygen atoms in total. The molecule has 1 aliphatic rings. The molecule has 0 aromatic heterocycles. The van der Waals surface area contributed by atoms with Gasteiger partial charge in [-0.1, -0.05) is 20.8 Å². The third-order valence-electron chi connectivity index (χ3n) is 4.01. The van der Waals surface area contributed by atoms with Gasteiger partial charge in [0, 0.05) is 18.7 Å². The van der Waals surface area contributed by atoms with Crippen LogP contribution >= 0.6 is 0 Å². The van der Waals surface area contributed by atoms with E-state index in [1.165, 1.54) is 38.5 Å². The Labute approximate surface area is 94.8 Å². The highest BCUT2D eigenvalue weighted by atomic mass is 16.5. The second kappa shape index (κ2) is 6.49. The number of ether oxygens (including phenoxy) is 1. The van der Waals surface area contributed by atoms with Crippen LogP contribution in [0.1, 0.15) is 59.3 Å². The van der Waals surface area contributed by atoms with Gasteiger partial charge in [0.15, 0.2) is 0 Å². The molecule has 1 aliphatic heterocycles. The first-order chi connectivity index (χ1) is 7.26. The van der Waals surface area contributed by atoms with Gasteiger partial charge in [-0.25, -0.2) is 0 Å². The van der Waals surface area contributed by atoms with Crippen molar-refractivity contribution in [2.45, 2.75) is 70.9 Å². The van der Waals surface area contributed by atoms with Crippen LogP contribution in [-0.4, -0.2) is 24.8 Å². The van der Waals surface area contributed by atoms with Crippen molar-refractivity contribution in [1.29, 1.82) is 0 Å². The summed E-state index contributed by atoms with van der Waals surface area (Å²) in [7, 11) is 0. The maximum Gasteiger partial charge on any atom is 0.0699 e. The fourth-order valence-corrected chi connectivity index (χ4v) is 2.42. The first kappa shape index (κ1) is 13.0. The van der Waals surface area contributed by atoms with Gasteiger partial charge in [0.05, 0.1) is 6.10 Å². The van der Waals surface area contributed by atoms with Gasteiger partial charge < -0.3 is 10.1 Å². The van der Waals surface area contributed by atoms with Crippen LogP contribution in [0.4, 0.5) is 0 Å². The van der Waals surface area contributed by atoms with Crippen LogP contribution in [-0.2, 0) is 4.74 Å². The largest absolute Gasteiger partial charge is 0.377 e. The van der Waals surface area contributed by atoms with Crippen LogP contribution in [0.5, 0.6) is 0 Å². The monoisotopic (exact) mass is 213 g/mol. The number of rotatable bonds is 6. The van der Waals surface area contributed by atoms with E-state index in [2.05, 4.69) is 26.1 Å². The molecule has 1 rings (SSSR count). The molecule has 2 heteroatoms. The Morgan fingerprint density at radius 2 is 1.80 bits per heavy atom. The minimum atomic E-state index is 0.348. The summed E-state index contributed by atoms with van der Waals surface area (Å²) in [6, 6.07) is 0. The predicted molar refractivity (Wildman–Crippen MR) is 65.2 cm³/mol. The molecule has 1 atom stereocenters. The molecule has 0 amide bonds.